The van der Waals surface area contributed by atoms with Gasteiger partial charge >= 0.3 is 5.97 Å². The first-order valence-corrected chi connectivity index (χ1v) is 6.88. The van der Waals surface area contributed by atoms with Gasteiger partial charge in [0.05, 0.1) is 5.41 Å². The van der Waals surface area contributed by atoms with Crippen molar-refractivity contribution in [2.24, 2.45) is 5.41 Å². The molecule has 1 aliphatic rings. The van der Waals surface area contributed by atoms with Crippen molar-refractivity contribution >= 4 is 11.9 Å². The highest BCUT2D eigenvalue weighted by Gasteiger charge is 2.50. The molecule has 6 heteroatoms. The molecule has 1 fully saturated rings. The summed E-state index contributed by atoms with van der Waals surface area (Å²) in [4.78, 5) is 23.0. The topological polar surface area (TPSA) is 79.5 Å². The summed E-state index contributed by atoms with van der Waals surface area (Å²) >= 11 is 0. The molecule has 1 saturated carbocycles. The number of aliphatic carboxylic acids is 1. The molecule has 3 rings (SSSR count). The van der Waals surface area contributed by atoms with Gasteiger partial charge in [0.2, 0.25) is 0 Å². The van der Waals surface area contributed by atoms with Crippen molar-refractivity contribution in [2.45, 2.75) is 12.8 Å². The summed E-state index contributed by atoms with van der Waals surface area (Å²) < 4.78 is 18.3. The second kappa shape index (κ2) is 5.29. The number of benzene rings is 1. The monoisotopic (exact) mass is 303 g/mol. The molecule has 22 heavy (non-hydrogen) atoms. The maximum Gasteiger partial charge on any atom is 0.311 e. The third kappa shape index (κ3) is 2.72. The van der Waals surface area contributed by atoms with Crippen LogP contribution >= 0.6 is 0 Å². The molecule has 0 spiro atoms. The van der Waals surface area contributed by atoms with Gasteiger partial charge in [0.15, 0.2) is 5.76 Å². The van der Waals surface area contributed by atoms with Crippen molar-refractivity contribution in [3.8, 4) is 11.3 Å². The number of carboxylic acid groups (broad SMARTS) is 1. The van der Waals surface area contributed by atoms with E-state index in [4.69, 9.17) is 9.52 Å². The molecule has 1 heterocycles. The smallest absolute Gasteiger partial charge is 0.311 e. The van der Waals surface area contributed by atoms with E-state index < -0.39 is 17.3 Å². The Morgan fingerprint density at radius 2 is 1.86 bits per heavy atom. The second-order valence-electron chi connectivity index (χ2n) is 5.44. The van der Waals surface area contributed by atoms with Crippen molar-refractivity contribution in [2.75, 3.05) is 6.54 Å². The molecule has 0 aliphatic heterocycles. The molecular weight excluding hydrogens is 289 g/mol. The Kier molecular flexibility index (Phi) is 3.44. The van der Waals surface area contributed by atoms with Crippen molar-refractivity contribution < 1.29 is 23.5 Å². The molecule has 0 radical (unpaired) electrons. The fourth-order valence-electron chi connectivity index (χ4n) is 2.18. The minimum absolute atomic E-state index is 0.0910. The Hall–Kier alpha value is -2.63. The van der Waals surface area contributed by atoms with Gasteiger partial charge in [-0.2, -0.15) is 0 Å². The highest BCUT2D eigenvalue weighted by Crippen LogP contribution is 2.45. The van der Waals surface area contributed by atoms with E-state index in [9.17, 15) is 14.0 Å². The number of furan rings is 1. The van der Waals surface area contributed by atoms with Crippen LogP contribution in [0.5, 0.6) is 0 Å². The summed E-state index contributed by atoms with van der Waals surface area (Å²) in [6, 6.07) is 8.85. The largest absolute Gasteiger partial charge is 0.481 e. The average molecular weight is 303 g/mol. The van der Waals surface area contributed by atoms with Gasteiger partial charge in [-0.25, -0.2) is 4.39 Å². The van der Waals surface area contributed by atoms with Gasteiger partial charge in [0, 0.05) is 12.1 Å². The number of carbonyl (C=O) groups excluding carboxylic acids is 1. The van der Waals surface area contributed by atoms with Crippen LogP contribution in [0, 0.1) is 11.2 Å². The average Bonchev–Trinajstić information content (AvgIpc) is 3.15. The number of amides is 1. The Morgan fingerprint density at radius 1 is 1.18 bits per heavy atom. The van der Waals surface area contributed by atoms with E-state index in [1.807, 2.05) is 0 Å². The molecule has 1 aromatic carbocycles. The number of nitrogens with one attached hydrogen (secondary N) is 1. The lowest BCUT2D eigenvalue weighted by Crippen LogP contribution is -2.34. The highest BCUT2D eigenvalue weighted by molar-refractivity contribution is 5.92. The SMILES string of the molecule is O=C(NCC1(C(=O)O)CC1)c1ccc(-c2ccc(F)cc2)o1. The molecule has 0 bridgehead atoms. The summed E-state index contributed by atoms with van der Waals surface area (Å²) in [5, 5.41) is 11.6. The van der Waals surface area contributed by atoms with Gasteiger partial charge < -0.3 is 14.8 Å². The minimum atomic E-state index is -0.890. The second-order valence-corrected chi connectivity index (χ2v) is 5.44. The number of rotatable bonds is 5. The Balaban J connectivity index is 1.67. The van der Waals surface area contributed by atoms with E-state index in [0.29, 0.717) is 24.2 Å². The minimum Gasteiger partial charge on any atom is -0.481 e. The molecule has 0 atom stereocenters. The van der Waals surface area contributed by atoms with Gasteiger partial charge in [0.25, 0.3) is 5.91 Å². The van der Waals surface area contributed by atoms with Crippen LogP contribution < -0.4 is 5.32 Å². The first-order valence-electron chi connectivity index (χ1n) is 6.88. The molecular formula is C16H14FNO4. The van der Waals surface area contributed by atoms with Crippen molar-refractivity contribution in [1.29, 1.82) is 0 Å². The van der Waals surface area contributed by atoms with Crippen LogP contribution in [0.2, 0.25) is 0 Å². The zero-order valence-electron chi connectivity index (χ0n) is 11.6. The van der Waals surface area contributed by atoms with Crippen molar-refractivity contribution in [1.82, 2.24) is 5.32 Å². The van der Waals surface area contributed by atoms with Crippen LogP contribution in [0.1, 0.15) is 23.4 Å². The molecule has 2 N–H and O–H groups in total. The van der Waals surface area contributed by atoms with Crippen LogP contribution in [0.25, 0.3) is 11.3 Å². The van der Waals surface area contributed by atoms with E-state index in [0.717, 1.165) is 0 Å². The summed E-state index contributed by atoms with van der Waals surface area (Å²) in [5.74, 6) is -1.15. The molecule has 2 aromatic rings. The number of hydrogen-bond acceptors (Lipinski definition) is 3. The summed E-state index contributed by atoms with van der Waals surface area (Å²) in [7, 11) is 0. The van der Waals surface area contributed by atoms with E-state index in [-0.39, 0.29) is 18.1 Å². The first-order chi connectivity index (χ1) is 10.5. The Labute approximate surface area is 125 Å². The van der Waals surface area contributed by atoms with Gasteiger partial charge in [-0.05, 0) is 49.2 Å². The number of halogens is 1. The first kappa shape index (κ1) is 14.3. The van der Waals surface area contributed by atoms with Crippen LogP contribution in [0.3, 0.4) is 0 Å². The third-order valence-corrected chi connectivity index (χ3v) is 3.85. The lowest BCUT2D eigenvalue weighted by molar-refractivity contribution is -0.143. The van der Waals surface area contributed by atoms with Crippen molar-refractivity contribution in [3.05, 3.63) is 48.0 Å². The molecule has 1 aromatic heterocycles. The molecule has 1 aliphatic carbocycles. The lowest BCUT2D eigenvalue weighted by Gasteiger charge is -2.09. The van der Waals surface area contributed by atoms with E-state index in [1.165, 1.54) is 18.2 Å². The van der Waals surface area contributed by atoms with Crippen LogP contribution in [-0.4, -0.2) is 23.5 Å². The van der Waals surface area contributed by atoms with Gasteiger partial charge in [-0.1, -0.05) is 0 Å². The van der Waals surface area contributed by atoms with E-state index >= 15 is 0 Å². The van der Waals surface area contributed by atoms with Crippen LogP contribution in [0.15, 0.2) is 40.8 Å². The fourth-order valence-corrected chi connectivity index (χ4v) is 2.18. The Morgan fingerprint density at radius 3 is 2.45 bits per heavy atom. The van der Waals surface area contributed by atoms with Gasteiger partial charge in [-0.15, -0.1) is 0 Å². The molecule has 0 saturated heterocycles. The summed E-state index contributed by atoms with van der Waals surface area (Å²) in [6.07, 6.45) is 1.14. The Bertz CT molecular complexity index is 716. The summed E-state index contributed by atoms with van der Waals surface area (Å²) in [6.45, 7) is 0.0910. The maximum absolute atomic E-state index is 12.9. The van der Waals surface area contributed by atoms with Crippen molar-refractivity contribution in [3.63, 3.8) is 0 Å². The molecule has 0 unspecified atom stereocenters. The van der Waals surface area contributed by atoms with E-state index in [1.54, 1.807) is 18.2 Å². The zero-order valence-corrected chi connectivity index (χ0v) is 11.6. The van der Waals surface area contributed by atoms with Gasteiger partial charge in [0.1, 0.15) is 11.6 Å². The van der Waals surface area contributed by atoms with Crippen LogP contribution in [0.4, 0.5) is 4.39 Å². The number of carbonyl (C=O) groups is 2. The standard InChI is InChI=1S/C16H14FNO4/c17-11-3-1-10(2-4-11)12-5-6-13(22-12)14(19)18-9-16(7-8-16)15(20)21/h1-6H,7-9H2,(H,18,19)(H,20,21). The predicted molar refractivity (Wildman–Crippen MR) is 75.7 cm³/mol. The van der Waals surface area contributed by atoms with Crippen LogP contribution in [-0.2, 0) is 4.79 Å². The normalized spacial score (nSPS) is 15.3. The fraction of sp³-hybridized carbons (Fsp3) is 0.250. The molecule has 114 valence electrons. The lowest BCUT2D eigenvalue weighted by atomic mass is 10.1. The highest BCUT2D eigenvalue weighted by atomic mass is 19.1. The summed E-state index contributed by atoms with van der Waals surface area (Å²) in [5.41, 5.74) is -0.160. The third-order valence-electron chi connectivity index (χ3n) is 3.85. The zero-order chi connectivity index (χ0) is 15.7. The maximum atomic E-state index is 12.9. The predicted octanol–water partition coefficient (Wildman–Crippen LogP) is 2.68. The van der Waals surface area contributed by atoms with Gasteiger partial charge in [-0.3, -0.25) is 9.59 Å². The number of hydrogen-bond donors (Lipinski definition) is 2. The molecule has 1 amide bonds. The number of carboxylic acids is 1. The quantitative estimate of drug-likeness (QED) is 0.890. The van der Waals surface area contributed by atoms with E-state index in [2.05, 4.69) is 5.32 Å². The molecule has 5 nitrogen and oxygen atoms in total.